The van der Waals surface area contributed by atoms with E-state index in [9.17, 15) is 9.59 Å². The zero-order chi connectivity index (χ0) is 16.7. The number of benzene rings is 1. The van der Waals surface area contributed by atoms with Crippen molar-refractivity contribution >= 4 is 23.2 Å². The molecule has 0 atom stereocenters. The molecule has 0 aromatic heterocycles. The van der Waals surface area contributed by atoms with Gasteiger partial charge in [0.05, 0.1) is 12.8 Å². The predicted molar refractivity (Wildman–Crippen MR) is 91.7 cm³/mol. The van der Waals surface area contributed by atoms with Crippen molar-refractivity contribution in [2.24, 2.45) is 5.92 Å². The van der Waals surface area contributed by atoms with E-state index < -0.39 is 0 Å². The van der Waals surface area contributed by atoms with Crippen LogP contribution in [-0.2, 0) is 9.59 Å². The zero-order valence-electron chi connectivity index (χ0n) is 14.0. The molecule has 2 rings (SSSR count). The molecule has 0 aliphatic heterocycles. The van der Waals surface area contributed by atoms with Gasteiger partial charge in [-0.05, 0) is 30.5 Å². The van der Waals surface area contributed by atoms with Crippen molar-refractivity contribution in [2.75, 3.05) is 17.7 Å². The average molecular weight is 318 g/mol. The molecule has 2 amide bonds. The molecule has 23 heavy (non-hydrogen) atoms. The highest BCUT2D eigenvalue weighted by molar-refractivity contribution is 5.94. The van der Waals surface area contributed by atoms with E-state index >= 15 is 0 Å². The quantitative estimate of drug-likeness (QED) is 0.834. The number of hydrogen-bond donors (Lipinski definition) is 2. The lowest BCUT2D eigenvalue weighted by molar-refractivity contribution is -0.116. The van der Waals surface area contributed by atoms with Gasteiger partial charge in [-0.15, -0.1) is 0 Å². The summed E-state index contributed by atoms with van der Waals surface area (Å²) in [6, 6.07) is 5.21. The van der Waals surface area contributed by atoms with Crippen molar-refractivity contribution < 1.29 is 14.3 Å². The van der Waals surface area contributed by atoms with Crippen LogP contribution in [-0.4, -0.2) is 18.9 Å². The summed E-state index contributed by atoms with van der Waals surface area (Å²) in [5.41, 5.74) is 1.23. The summed E-state index contributed by atoms with van der Waals surface area (Å²) in [6.45, 7) is 1.45. The molecule has 2 N–H and O–H groups in total. The molecule has 1 aliphatic rings. The first kappa shape index (κ1) is 17.3. The largest absolute Gasteiger partial charge is 0.495 e. The molecule has 1 aromatic carbocycles. The SMILES string of the molecule is COc1ccc(NC(C)=O)cc1NC(=O)CCC1CCCCC1. The summed E-state index contributed by atoms with van der Waals surface area (Å²) in [5.74, 6) is 1.12. The van der Waals surface area contributed by atoms with Crippen LogP contribution < -0.4 is 15.4 Å². The van der Waals surface area contributed by atoms with Gasteiger partial charge in [-0.3, -0.25) is 9.59 Å². The minimum absolute atomic E-state index is 0.00570. The van der Waals surface area contributed by atoms with E-state index in [1.807, 2.05) is 0 Å². The summed E-state index contributed by atoms with van der Waals surface area (Å²) in [5, 5.41) is 5.61. The summed E-state index contributed by atoms with van der Waals surface area (Å²) in [4.78, 5) is 23.4. The molecular weight excluding hydrogens is 292 g/mol. The van der Waals surface area contributed by atoms with E-state index in [4.69, 9.17) is 4.74 Å². The second kappa shape index (κ2) is 8.56. The molecule has 5 nitrogen and oxygen atoms in total. The first-order valence-corrected chi connectivity index (χ1v) is 8.34. The van der Waals surface area contributed by atoms with Crippen LogP contribution in [0.5, 0.6) is 5.75 Å². The summed E-state index contributed by atoms with van der Waals surface area (Å²) < 4.78 is 5.27. The van der Waals surface area contributed by atoms with Gasteiger partial charge in [0.25, 0.3) is 0 Å². The van der Waals surface area contributed by atoms with Gasteiger partial charge >= 0.3 is 0 Å². The van der Waals surface area contributed by atoms with Crippen LogP contribution in [0.1, 0.15) is 51.9 Å². The minimum atomic E-state index is -0.148. The lowest BCUT2D eigenvalue weighted by atomic mass is 9.86. The molecule has 0 bridgehead atoms. The van der Waals surface area contributed by atoms with Crippen molar-refractivity contribution in [3.05, 3.63) is 18.2 Å². The molecule has 0 saturated heterocycles. The standard InChI is InChI=1S/C18H26N2O3/c1-13(21)19-15-9-10-17(23-2)16(12-15)20-18(22)11-8-14-6-4-3-5-7-14/h9-10,12,14H,3-8,11H2,1-2H3,(H,19,21)(H,20,22). The van der Waals surface area contributed by atoms with E-state index in [1.165, 1.54) is 39.0 Å². The van der Waals surface area contributed by atoms with E-state index in [0.717, 1.165) is 6.42 Å². The third-order valence-electron chi connectivity index (χ3n) is 4.30. The highest BCUT2D eigenvalue weighted by Crippen LogP contribution is 2.30. The Labute approximate surface area is 137 Å². The second-order valence-electron chi connectivity index (χ2n) is 6.19. The van der Waals surface area contributed by atoms with Crippen molar-refractivity contribution in [2.45, 2.75) is 51.9 Å². The van der Waals surface area contributed by atoms with Gasteiger partial charge in [-0.2, -0.15) is 0 Å². The first-order valence-electron chi connectivity index (χ1n) is 8.34. The van der Waals surface area contributed by atoms with E-state index in [2.05, 4.69) is 10.6 Å². The van der Waals surface area contributed by atoms with Crippen LogP contribution in [0.15, 0.2) is 18.2 Å². The number of anilines is 2. The summed E-state index contributed by atoms with van der Waals surface area (Å²) >= 11 is 0. The Morgan fingerprint density at radius 2 is 1.91 bits per heavy atom. The highest BCUT2D eigenvalue weighted by Gasteiger charge is 2.16. The van der Waals surface area contributed by atoms with Crippen LogP contribution in [0.4, 0.5) is 11.4 Å². The van der Waals surface area contributed by atoms with Crippen LogP contribution in [0, 0.1) is 5.92 Å². The monoisotopic (exact) mass is 318 g/mol. The Hall–Kier alpha value is -2.04. The third kappa shape index (κ3) is 5.58. The topological polar surface area (TPSA) is 67.4 Å². The van der Waals surface area contributed by atoms with Crippen molar-refractivity contribution in [1.82, 2.24) is 0 Å². The van der Waals surface area contributed by atoms with E-state index in [-0.39, 0.29) is 11.8 Å². The summed E-state index contributed by atoms with van der Waals surface area (Å²) in [6.07, 6.45) is 7.87. The Kier molecular flexibility index (Phi) is 6.44. The van der Waals surface area contributed by atoms with Gasteiger partial charge in [0.15, 0.2) is 0 Å². The minimum Gasteiger partial charge on any atom is -0.495 e. The number of ether oxygens (including phenoxy) is 1. The Morgan fingerprint density at radius 1 is 1.17 bits per heavy atom. The number of hydrogen-bond acceptors (Lipinski definition) is 3. The second-order valence-corrected chi connectivity index (χ2v) is 6.19. The Balaban J connectivity index is 1.93. The van der Waals surface area contributed by atoms with E-state index in [0.29, 0.717) is 29.5 Å². The fourth-order valence-corrected chi connectivity index (χ4v) is 3.11. The van der Waals surface area contributed by atoms with Crippen molar-refractivity contribution in [3.8, 4) is 5.75 Å². The predicted octanol–water partition coefficient (Wildman–Crippen LogP) is 3.95. The summed E-state index contributed by atoms with van der Waals surface area (Å²) in [7, 11) is 1.56. The molecule has 1 saturated carbocycles. The number of methoxy groups -OCH3 is 1. The van der Waals surface area contributed by atoms with Crippen LogP contribution >= 0.6 is 0 Å². The Morgan fingerprint density at radius 3 is 2.57 bits per heavy atom. The molecule has 1 aromatic rings. The normalized spacial score (nSPS) is 15.0. The molecule has 1 aliphatic carbocycles. The number of amides is 2. The fraction of sp³-hybridized carbons (Fsp3) is 0.556. The van der Waals surface area contributed by atoms with Crippen molar-refractivity contribution in [1.29, 1.82) is 0 Å². The maximum absolute atomic E-state index is 12.2. The third-order valence-corrected chi connectivity index (χ3v) is 4.30. The van der Waals surface area contributed by atoms with Gasteiger partial charge in [0, 0.05) is 19.0 Å². The molecule has 0 spiro atoms. The molecule has 0 radical (unpaired) electrons. The maximum atomic E-state index is 12.2. The van der Waals surface area contributed by atoms with Gasteiger partial charge in [-0.25, -0.2) is 0 Å². The number of carbonyl (C=O) groups is 2. The zero-order valence-corrected chi connectivity index (χ0v) is 14.0. The molecular formula is C18H26N2O3. The van der Waals surface area contributed by atoms with Crippen LogP contribution in [0.3, 0.4) is 0 Å². The van der Waals surface area contributed by atoms with Gasteiger partial charge < -0.3 is 15.4 Å². The first-order chi connectivity index (χ1) is 11.1. The van der Waals surface area contributed by atoms with Crippen LogP contribution in [0.25, 0.3) is 0 Å². The van der Waals surface area contributed by atoms with Crippen molar-refractivity contribution in [3.63, 3.8) is 0 Å². The lowest BCUT2D eigenvalue weighted by Gasteiger charge is -2.21. The number of rotatable bonds is 6. The molecule has 126 valence electrons. The van der Waals surface area contributed by atoms with Crippen LogP contribution in [0.2, 0.25) is 0 Å². The molecule has 5 heteroatoms. The smallest absolute Gasteiger partial charge is 0.224 e. The maximum Gasteiger partial charge on any atom is 0.224 e. The molecule has 0 unspecified atom stereocenters. The number of carbonyl (C=O) groups excluding carboxylic acids is 2. The van der Waals surface area contributed by atoms with Gasteiger partial charge in [0.2, 0.25) is 11.8 Å². The molecule has 1 fully saturated rings. The highest BCUT2D eigenvalue weighted by atomic mass is 16.5. The Bertz CT molecular complexity index is 551. The van der Waals surface area contributed by atoms with Gasteiger partial charge in [-0.1, -0.05) is 32.1 Å². The molecule has 0 heterocycles. The number of nitrogens with one attached hydrogen (secondary N) is 2. The van der Waals surface area contributed by atoms with Gasteiger partial charge in [0.1, 0.15) is 5.75 Å². The lowest BCUT2D eigenvalue weighted by Crippen LogP contribution is -2.15. The van der Waals surface area contributed by atoms with E-state index in [1.54, 1.807) is 25.3 Å². The average Bonchev–Trinajstić information content (AvgIpc) is 2.54. The fourth-order valence-electron chi connectivity index (χ4n) is 3.11.